The molecule has 0 aliphatic heterocycles. The van der Waals surface area contributed by atoms with Crippen molar-refractivity contribution in [2.75, 3.05) is 5.73 Å². The molecule has 13 heavy (non-hydrogen) atoms. The molecule has 72 valence electrons. The van der Waals surface area contributed by atoms with Crippen molar-refractivity contribution >= 4 is 37.7 Å². The summed E-state index contributed by atoms with van der Waals surface area (Å²) in [6.45, 7) is 0. The van der Waals surface area contributed by atoms with Crippen LogP contribution in [-0.4, -0.2) is 4.98 Å². The molecule has 1 aromatic rings. The van der Waals surface area contributed by atoms with E-state index >= 15 is 0 Å². The van der Waals surface area contributed by atoms with Crippen LogP contribution in [0.5, 0.6) is 0 Å². The standard InChI is InChI=1S/C6H3Br2F3N2/c7-2-1-13-5(12)4(8)3(2)6(9,10)11/h1H,(H2,12,13). The minimum Gasteiger partial charge on any atom is -0.383 e. The van der Waals surface area contributed by atoms with Gasteiger partial charge in [0.05, 0.1) is 10.0 Å². The second kappa shape index (κ2) is 3.45. The van der Waals surface area contributed by atoms with Crippen LogP contribution in [0.1, 0.15) is 5.56 Å². The second-order valence-electron chi connectivity index (χ2n) is 2.18. The number of hydrogen-bond acceptors (Lipinski definition) is 2. The van der Waals surface area contributed by atoms with E-state index in [-0.39, 0.29) is 14.8 Å². The van der Waals surface area contributed by atoms with Crippen molar-refractivity contribution in [3.05, 3.63) is 20.7 Å². The first kappa shape index (κ1) is 10.8. The number of nitrogens with two attached hydrogens (primary N) is 1. The van der Waals surface area contributed by atoms with Gasteiger partial charge in [-0.3, -0.25) is 0 Å². The zero-order chi connectivity index (χ0) is 10.2. The normalized spacial score (nSPS) is 11.8. The monoisotopic (exact) mass is 318 g/mol. The predicted molar refractivity (Wildman–Crippen MR) is 49.1 cm³/mol. The highest BCUT2D eigenvalue weighted by Gasteiger charge is 2.36. The summed E-state index contributed by atoms with van der Waals surface area (Å²) in [5, 5.41) is 0. The van der Waals surface area contributed by atoms with Gasteiger partial charge in [0.1, 0.15) is 5.82 Å². The zero-order valence-electron chi connectivity index (χ0n) is 5.99. The summed E-state index contributed by atoms with van der Waals surface area (Å²) >= 11 is 5.48. The summed E-state index contributed by atoms with van der Waals surface area (Å²) < 4.78 is 36.7. The topological polar surface area (TPSA) is 38.9 Å². The molecule has 0 amide bonds. The number of halogens is 5. The van der Waals surface area contributed by atoms with E-state index < -0.39 is 11.7 Å². The third kappa shape index (κ3) is 2.14. The van der Waals surface area contributed by atoms with Gasteiger partial charge in [0.25, 0.3) is 0 Å². The van der Waals surface area contributed by atoms with Crippen molar-refractivity contribution in [3.63, 3.8) is 0 Å². The summed E-state index contributed by atoms with van der Waals surface area (Å²) in [5.41, 5.74) is 4.36. The molecule has 0 fully saturated rings. The smallest absolute Gasteiger partial charge is 0.383 e. The third-order valence-corrected chi connectivity index (χ3v) is 2.69. The Kier molecular flexibility index (Phi) is 2.86. The molecule has 0 aliphatic carbocycles. The quantitative estimate of drug-likeness (QED) is 0.797. The minimum atomic E-state index is -4.45. The molecule has 7 heteroatoms. The Morgan fingerprint density at radius 1 is 1.31 bits per heavy atom. The average molecular weight is 320 g/mol. The van der Waals surface area contributed by atoms with Crippen LogP contribution in [0.3, 0.4) is 0 Å². The Bertz CT molecular complexity index is 337. The average Bonchev–Trinajstić information content (AvgIpc) is 1.95. The number of rotatable bonds is 0. The van der Waals surface area contributed by atoms with Gasteiger partial charge in [-0.25, -0.2) is 4.98 Å². The largest absolute Gasteiger partial charge is 0.418 e. The number of alkyl halides is 3. The fourth-order valence-electron chi connectivity index (χ4n) is 0.740. The van der Waals surface area contributed by atoms with Crippen LogP contribution in [0.2, 0.25) is 0 Å². The Hall–Kier alpha value is -0.300. The number of pyridine rings is 1. The Morgan fingerprint density at radius 2 is 1.85 bits per heavy atom. The Labute approximate surface area is 88.6 Å². The van der Waals surface area contributed by atoms with Crippen LogP contribution < -0.4 is 5.73 Å². The molecule has 0 saturated carbocycles. The van der Waals surface area contributed by atoms with E-state index in [0.29, 0.717) is 0 Å². The van der Waals surface area contributed by atoms with Crippen LogP contribution in [0.4, 0.5) is 19.0 Å². The molecule has 2 N–H and O–H groups in total. The molecule has 0 aliphatic rings. The first-order chi connectivity index (χ1) is 5.84. The molecular weight excluding hydrogens is 317 g/mol. The highest BCUT2D eigenvalue weighted by Crippen LogP contribution is 2.41. The van der Waals surface area contributed by atoms with Crippen molar-refractivity contribution in [2.24, 2.45) is 0 Å². The minimum absolute atomic E-state index is 0.138. The molecule has 1 rings (SSSR count). The predicted octanol–water partition coefficient (Wildman–Crippen LogP) is 3.21. The van der Waals surface area contributed by atoms with Crippen LogP contribution in [0.25, 0.3) is 0 Å². The molecule has 0 unspecified atom stereocenters. The molecule has 0 atom stereocenters. The lowest BCUT2D eigenvalue weighted by atomic mass is 10.2. The summed E-state index contributed by atoms with van der Waals surface area (Å²) in [6.07, 6.45) is -3.43. The fraction of sp³-hybridized carbons (Fsp3) is 0.167. The molecule has 0 aromatic carbocycles. The van der Waals surface area contributed by atoms with E-state index in [1.54, 1.807) is 0 Å². The maximum absolute atomic E-state index is 12.3. The number of aromatic nitrogens is 1. The van der Waals surface area contributed by atoms with Gasteiger partial charge in [-0.2, -0.15) is 13.2 Å². The van der Waals surface area contributed by atoms with E-state index in [9.17, 15) is 13.2 Å². The maximum atomic E-state index is 12.3. The molecule has 1 heterocycles. The lowest BCUT2D eigenvalue weighted by Crippen LogP contribution is -2.09. The Morgan fingerprint density at radius 3 is 2.23 bits per heavy atom. The van der Waals surface area contributed by atoms with Crippen molar-refractivity contribution < 1.29 is 13.2 Å². The molecule has 0 spiro atoms. The van der Waals surface area contributed by atoms with Gasteiger partial charge < -0.3 is 5.73 Å². The first-order valence-electron chi connectivity index (χ1n) is 3.00. The number of nitrogen functional groups attached to an aromatic ring is 1. The van der Waals surface area contributed by atoms with E-state index in [4.69, 9.17) is 5.73 Å². The number of hydrogen-bond donors (Lipinski definition) is 1. The van der Waals surface area contributed by atoms with E-state index in [1.165, 1.54) is 0 Å². The van der Waals surface area contributed by atoms with Crippen LogP contribution >= 0.6 is 31.9 Å². The van der Waals surface area contributed by atoms with Gasteiger partial charge in [-0.15, -0.1) is 0 Å². The van der Waals surface area contributed by atoms with Crippen molar-refractivity contribution in [1.29, 1.82) is 0 Å². The summed E-state index contributed by atoms with van der Waals surface area (Å²) in [7, 11) is 0. The molecular formula is C6H3Br2F3N2. The van der Waals surface area contributed by atoms with Gasteiger partial charge in [0.15, 0.2) is 0 Å². The summed E-state index contributed by atoms with van der Waals surface area (Å²) in [6, 6.07) is 0. The zero-order valence-corrected chi connectivity index (χ0v) is 9.16. The van der Waals surface area contributed by atoms with E-state index in [0.717, 1.165) is 6.20 Å². The van der Waals surface area contributed by atoms with Crippen molar-refractivity contribution in [1.82, 2.24) is 4.98 Å². The lowest BCUT2D eigenvalue weighted by Gasteiger charge is -2.11. The fourth-order valence-corrected chi connectivity index (χ4v) is 2.07. The van der Waals surface area contributed by atoms with E-state index in [2.05, 4.69) is 36.8 Å². The lowest BCUT2D eigenvalue weighted by molar-refractivity contribution is -0.138. The van der Waals surface area contributed by atoms with Crippen LogP contribution in [0, 0.1) is 0 Å². The highest BCUT2D eigenvalue weighted by molar-refractivity contribution is 9.11. The van der Waals surface area contributed by atoms with Crippen molar-refractivity contribution in [3.8, 4) is 0 Å². The van der Waals surface area contributed by atoms with Gasteiger partial charge in [0, 0.05) is 10.7 Å². The molecule has 2 nitrogen and oxygen atoms in total. The van der Waals surface area contributed by atoms with Crippen LogP contribution in [0.15, 0.2) is 15.1 Å². The number of nitrogens with zero attached hydrogens (tertiary/aromatic N) is 1. The first-order valence-corrected chi connectivity index (χ1v) is 4.59. The summed E-state index contributed by atoms with van der Waals surface area (Å²) in [4.78, 5) is 3.54. The second-order valence-corrected chi connectivity index (χ2v) is 3.83. The van der Waals surface area contributed by atoms with Gasteiger partial charge in [-0.1, -0.05) is 0 Å². The molecule has 0 saturated heterocycles. The Balaban J connectivity index is 3.43. The molecule has 0 radical (unpaired) electrons. The SMILES string of the molecule is Nc1ncc(Br)c(C(F)(F)F)c1Br. The molecule has 1 aromatic heterocycles. The summed E-state index contributed by atoms with van der Waals surface area (Å²) in [5.74, 6) is -0.185. The molecule has 0 bridgehead atoms. The highest BCUT2D eigenvalue weighted by atomic mass is 79.9. The van der Waals surface area contributed by atoms with Crippen LogP contribution in [-0.2, 0) is 6.18 Å². The maximum Gasteiger partial charge on any atom is 0.418 e. The van der Waals surface area contributed by atoms with Gasteiger partial charge >= 0.3 is 6.18 Å². The van der Waals surface area contributed by atoms with Gasteiger partial charge in [-0.05, 0) is 31.9 Å². The van der Waals surface area contributed by atoms with Gasteiger partial charge in [0.2, 0.25) is 0 Å². The van der Waals surface area contributed by atoms with E-state index in [1.807, 2.05) is 0 Å². The number of anilines is 1. The third-order valence-electron chi connectivity index (χ3n) is 1.28. The van der Waals surface area contributed by atoms with Crippen molar-refractivity contribution in [2.45, 2.75) is 6.18 Å².